The van der Waals surface area contributed by atoms with Crippen LogP contribution in [-0.2, 0) is 5.41 Å². The number of allylic oxidation sites excluding steroid dienone is 1. The number of hydrogen-bond acceptors (Lipinski definition) is 2. The van der Waals surface area contributed by atoms with Crippen molar-refractivity contribution in [3.8, 4) is 33.4 Å². The van der Waals surface area contributed by atoms with E-state index in [-0.39, 0.29) is 0 Å². The fourth-order valence-electron chi connectivity index (χ4n) is 9.73. The van der Waals surface area contributed by atoms with Gasteiger partial charge in [0.05, 0.1) is 11.1 Å². The number of rotatable bonds is 4. The number of nitrogens with one attached hydrogen (secondary N) is 1. The second kappa shape index (κ2) is 11.5. The molecule has 0 aromatic heterocycles. The highest BCUT2D eigenvalue weighted by Gasteiger charge is 2.54. The molecule has 9 aromatic carbocycles. The minimum atomic E-state index is -0.521. The van der Waals surface area contributed by atoms with Gasteiger partial charge >= 0.3 is 0 Å². The van der Waals surface area contributed by atoms with Crippen molar-refractivity contribution in [1.29, 1.82) is 5.41 Å². The molecule has 0 unspecified atom stereocenters. The third kappa shape index (κ3) is 4.08. The summed E-state index contributed by atoms with van der Waals surface area (Å²) in [4.78, 5) is 0. The predicted octanol–water partition coefficient (Wildman–Crippen LogP) is 12.5. The molecule has 11 rings (SSSR count). The molecule has 3 N–H and O–H groups in total. The van der Waals surface area contributed by atoms with Crippen LogP contribution in [0.25, 0.3) is 71.4 Å². The summed E-state index contributed by atoms with van der Waals surface area (Å²) in [5, 5.41) is 16.3. The van der Waals surface area contributed by atoms with Gasteiger partial charge in [0.25, 0.3) is 0 Å². The van der Waals surface area contributed by atoms with Gasteiger partial charge in [-0.15, -0.1) is 0 Å². The Morgan fingerprint density at radius 3 is 1.63 bits per heavy atom. The molecule has 0 fully saturated rings. The standard InChI is InChI=1S/C52H34N2/c53-47(32-15-2-1-3-16-32)31-48(54)34-18-14-17-33(29-34)43-30-44-49-40-24-7-4-19-35(40)36-20-5-9-26-42(36)51(49)52(50(44)41-25-8-6-21-37(41)43)45-27-12-10-22-38(45)39-23-11-13-28-46(39)52/h1-31,53H,54H2/b48-31-,53-47?. The average molecular weight is 687 g/mol. The molecule has 0 bridgehead atoms. The molecule has 0 heterocycles. The zero-order valence-electron chi connectivity index (χ0n) is 29.5. The van der Waals surface area contributed by atoms with Gasteiger partial charge in [0.1, 0.15) is 0 Å². The molecular weight excluding hydrogens is 653 g/mol. The van der Waals surface area contributed by atoms with Crippen molar-refractivity contribution < 1.29 is 0 Å². The Bertz CT molecular complexity index is 3030. The maximum absolute atomic E-state index is 8.74. The molecule has 0 aliphatic heterocycles. The summed E-state index contributed by atoms with van der Waals surface area (Å²) >= 11 is 0. The van der Waals surface area contributed by atoms with Gasteiger partial charge in [-0.3, -0.25) is 0 Å². The third-order valence-corrected chi connectivity index (χ3v) is 11.8. The second-order valence-corrected chi connectivity index (χ2v) is 14.5. The summed E-state index contributed by atoms with van der Waals surface area (Å²) in [5.41, 5.74) is 21.7. The Hall–Kier alpha value is -7.03. The number of nitrogens with two attached hydrogens (primary N) is 1. The van der Waals surface area contributed by atoms with E-state index in [2.05, 4.69) is 146 Å². The van der Waals surface area contributed by atoms with Crippen LogP contribution in [0.4, 0.5) is 0 Å². The average Bonchev–Trinajstić information content (AvgIpc) is 3.71. The smallest absolute Gasteiger partial charge is 0.0737 e. The second-order valence-electron chi connectivity index (χ2n) is 14.5. The van der Waals surface area contributed by atoms with Crippen molar-refractivity contribution in [3.05, 3.63) is 221 Å². The van der Waals surface area contributed by atoms with Crippen LogP contribution in [0.2, 0.25) is 0 Å². The maximum Gasteiger partial charge on any atom is 0.0737 e. The van der Waals surface area contributed by atoms with Gasteiger partial charge in [0.15, 0.2) is 0 Å². The Morgan fingerprint density at radius 2 is 0.944 bits per heavy atom. The lowest BCUT2D eigenvalue weighted by atomic mass is 9.68. The molecule has 0 saturated carbocycles. The summed E-state index contributed by atoms with van der Waals surface area (Å²) < 4.78 is 0. The lowest BCUT2D eigenvalue weighted by Crippen LogP contribution is -2.26. The first-order valence-corrected chi connectivity index (χ1v) is 18.6. The van der Waals surface area contributed by atoms with Crippen molar-refractivity contribution >= 4 is 43.7 Å². The Balaban J connectivity index is 1.26. The first-order valence-electron chi connectivity index (χ1n) is 18.6. The molecule has 2 nitrogen and oxygen atoms in total. The molecule has 9 aromatic rings. The van der Waals surface area contributed by atoms with Crippen LogP contribution in [0, 0.1) is 5.41 Å². The van der Waals surface area contributed by atoms with E-state index in [0.29, 0.717) is 11.4 Å². The first kappa shape index (κ1) is 30.6. The number of fused-ring (bicyclic) bond motifs is 17. The van der Waals surface area contributed by atoms with Crippen LogP contribution < -0.4 is 5.73 Å². The predicted molar refractivity (Wildman–Crippen MR) is 226 cm³/mol. The van der Waals surface area contributed by atoms with Crippen LogP contribution in [-0.4, -0.2) is 5.71 Å². The van der Waals surface area contributed by atoms with Gasteiger partial charge in [0, 0.05) is 5.70 Å². The molecule has 252 valence electrons. The van der Waals surface area contributed by atoms with Crippen molar-refractivity contribution in [2.45, 2.75) is 5.41 Å². The molecule has 0 radical (unpaired) electrons. The monoisotopic (exact) mass is 686 g/mol. The van der Waals surface area contributed by atoms with Gasteiger partial charge in [-0.05, 0) is 117 Å². The summed E-state index contributed by atoms with van der Waals surface area (Å²) in [6, 6.07) is 65.8. The fraction of sp³-hybridized carbons (Fsp3) is 0.0192. The van der Waals surface area contributed by atoms with Crippen LogP contribution in [0.15, 0.2) is 188 Å². The number of hydrogen-bond donors (Lipinski definition) is 2. The van der Waals surface area contributed by atoms with Crippen LogP contribution >= 0.6 is 0 Å². The largest absolute Gasteiger partial charge is 0.398 e. The van der Waals surface area contributed by atoms with Gasteiger partial charge in [-0.25, -0.2) is 0 Å². The van der Waals surface area contributed by atoms with E-state index in [9.17, 15) is 0 Å². The van der Waals surface area contributed by atoms with Gasteiger partial charge in [-0.2, -0.15) is 0 Å². The molecule has 1 spiro atoms. The van der Waals surface area contributed by atoms with E-state index < -0.39 is 5.41 Å². The van der Waals surface area contributed by atoms with E-state index in [1.54, 1.807) is 6.08 Å². The highest BCUT2D eigenvalue weighted by atomic mass is 14.6. The van der Waals surface area contributed by atoms with Gasteiger partial charge in [-0.1, -0.05) is 170 Å². The van der Waals surface area contributed by atoms with E-state index >= 15 is 0 Å². The van der Waals surface area contributed by atoms with Gasteiger partial charge in [0.2, 0.25) is 0 Å². The summed E-state index contributed by atoms with van der Waals surface area (Å²) in [7, 11) is 0. The highest BCUT2D eigenvalue weighted by molar-refractivity contribution is 6.22. The topological polar surface area (TPSA) is 49.9 Å². The van der Waals surface area contributed by atoms with Gasteiger partial charge < -0.3 is 11.1 Å². The normalized spacial score (nSPS) is 13.6. The molecule has 2 aliphatic rings. The molecule has 54 heavy (non-hydrogen) atoms. The lowest BCUT2D eigenvalue weighted by Gasteiger charge is -2.33. The van der Waals surface area contributed by atoms with E-state index in [4.69, 9.17) is 11.1 Å². The summed E-state index contributed by atoms with van der Waals surface area (Å²) in [5.74, 6) is 0. The number of benzene rings is 9. The molecule has 0 amide bonds. The Morgan fingerprint density at radius 1 is 0.426 bits per heavy atom. The zero-order chi connectivity index (χ0) is 36.0. The molecule has 2 heteroatoms. The molecule has 0 atom stereocenters. The van der Waals surface area contributed by atoms with Crippen LogP contribution in [0.5, 0.6) is 0 Å². The van der Waals surface area contributed by atoms with E-state index in [1.165, 1.54) is 76.8 Å². The van der Waals surface area contributed by atoms with E-state index in [1.807, 2.05) is 36.4 Å². The minimum Gasteiger partial charge on any atom is -0.398 e. The molecule has 0 saturated heterocycles. The first-order chi connectivity index (χ1) is 26.6. The maximum atomic E-state index is 8.74. The van der Waals surface area contributed by atoms with Crippen molar-refractivity contribution in [3.63, 3.8) is 0 Å². The Labute approximate surface area is 314 Å². The van der Waals surface area contributed by atoms with Crippen molar-refractivity contribution in [2.24, 2.45) is 5.73 Å². The SMILES string of the molecule is N=C(/C=C(\N)c1cccc(-c2cc3c(c4ccccc24)C2(c4ccccc4-c4ccccc42)c2c-3c3ccccc3c3ccccc23)c1)c1ccccc1. The highest BCUT2D eigenvalue weighted by Crippen LogP contribution is 2.67. The quantitative estimate of drug-likeness (QED) is 0.140. The summed E-state index contributed by atoms with van der Waals surface area (Å²) in [6.07, 6.45) is 1.77. The Kier molecular flexibility index (Phi) is 6.50. The van der Waals surface area contributed by atoms with Crippen molar-refractivity contribution in [2.75, 3.05) is 0 Å². The van der Waals surface area contributed by atoms with E-state index in [0.717, 1.165) is 22.3 Å². The van der Waals surface area contributed by atoms with Crippen LogP contribution in [0.3, 0.4) is 0 Å². The zero-order valence-corrected chi connectivity index (χ0v) is 29.5. The molecule has 2 aliphatic carbocycles. The third-order valence-electron chi connectivity index (χ3n) is 11.8. The molecular formula is C52H34N2. The lowest BCUT2D eigenvalue weighted by molar-refractivity contribution is 0.809. The fourth-order valence-corrected chi connectivity index (χ4v) is 9.73. The minimum absolute atomic E-state index is 0.389. The van der Waals surface area contributed by atoms with Crippen molar-refractivity contribution in [1.82, 2.24) is 0 Å². The summed E-state index contributed by atoms with van der Waals surface area (Å²) in [6.45, 7) is 0. The van der Waals surface area contributed by atoms with Crippen LogP contribution in [0.1, 0.15) is 33.4 Å².